The van der Waals surface area contributed by atoms with Crippen molar-refractivity contribution in [3.63, 3.8) is 0 Å². The van der Waals surface area contributed by atoms with Crippen LogP contribution in [0.4, 0.5) is 0 Å². The van der Waals surface area contributed by atoms with Crippen LogP contribution in [-0.4, -0.2) is 18.1 Å². The molecule has 4 nitrogen and oxygen atoms in total. The lowest BCUT2D eigenvalue weighted by molar-refractivity contribution is 0.0598. The summed E-state index contributed by atoms with van der Waals surface area (Å²) in [6.07, 6.45) is 0. The number of hydrogen-bond acceptors (Lipinski definition) is 3. The van der Waals surface area contributed by atoms with Crippen molar-refractivity contribution in [1.82, 2.24) is 4.98 Å². The van der Waals surface area contributed by atoms with E-state index in [1.54, 1.807) is 6.07 Å². The van der Waals surface area contributed by atoms with Crippen molar-refractivity contribution in [2.24, 2.45) is 0 Å². The predicted molar refractivity (Wildman–Crippen MR) is 46.1 cm³/mol. The first-order valence-corrected chi connectivity index (χ1v) is 3.91. The number of halogens is 1. The molecule has 0 aromatic carbocycles. The third kappa shape index (κ3) is 1.73. The maximum absolute atomic E-state index is 11.1. The van der Waals surface area contributed by atoms with Crippen LogP contribution in [0, 0.1) is 0 Å². The van der Waals surface area contributed by atoms with E-state index in [0.29, 0.717) is 4.60 Å². The molecular formula is C7H6BrNO3. The fourth-order valence-corrected chi connectivity index (χ4v) is 1.03. The van der Waals surface area contributed by atoms with Crippen molar-refractivity contribution in [2.75, 3.05) is 7.11 Å². The van der Waals surface area contributed by atoms with Crippen LogP contribution in [0.15, 0.2) is 21.5 Å². The van der Waals surface area contributed by atoms with Gasteiger partial charge in [0.2, 0.25) is 0 Å². The van der Waals surface area contributed by atoms with Crippen LogP contribution in [0.1, 0.15) is 10.4 Å². The molecule has 64 valence electrons. The normalized spacial score (nSPS) is 9.50. The monoisotopic (exact) mass is 231 g/mol. The third-order valence-corrected chi connectivity index (χ3v) is 1.74. The number of aromatic amines is 1. The summed E-state index contributed by atoms with van der Waals surface area (Å²) in [5.74, 6) is -0.635. The largest absolute Gasteiger partial charge is 0.465 e. The van der Waals surface area contributed by atoms with Crippen molar-refractivity contribution in [3.8, 4) is 0 Å². The molecule has 0 radical (unpaired) electrons. The highest BCUT2D eigenvalue weighted by Gasteiger charge is 2.09. The van der Waals surface area contributed by atoms with Crippen LogP contribution in [0.5, 0.6) is 0 Å². The lowest BCUT2D eigenvalue weighted by Gasteiger charge is -1.96. The molecule has 5 heteroatoms. The van der Waals surface area contributed by atoms with E-state index in [1.807, 2.05) is 0 Å². The van der Waals surface area contributed by atoms with Gasteiger partial charge in [-0.15, -0.1) is 0 Å². The fraction of sp³-hybridized carbons (Fsp3) is 0.143. The second-order valence-electron chi connectivity index (χ2n) is 2.04. The average molecular weight is 232 g/mol. The SMILES string of the molecule is COC(=O)c1ccc(Br)[nH]c1=O. The molecule has 0 saturated heterocycles. The molecule has 0 spiro atoms. The minimum atomic E-state index is -0.635. The molecule has 0 saturated carbocycles. The second kappa shape index (κ2) is 3.53. The summed E-state index contributed by atoms with van der Waals surface area (Å²) in [6, 6.07) is 2.96. The highest BCUT2D eigenvalue weighted by atomic mass is 79.9. The van der Waals surface area contributed by atoms with Crippen LogP contribution in [0.2, 0.25) is 0 Å². The summed E-state index contributed by atoms with van der Waals surface area (Å²) in [5.41, 5.74) is -0.461. The lowest BCUT2D eigenvalue weighted by atomic mass is 10.3. The van der Waals surface area contributed by atoms with Crippen LogP contribution >= 0.6 is 15.9 Å². The maximum Gasteiger partial charge on any atom is 0.343 e. The van der Waals surface area contributed by atoms with E-state index in [9.17, 15) is 9.59 Å². The summed E-state index contributed by atoms with van der Waals surface area (Å²) in [4.78, 5) is 24.4. The number of carbonyl (C=O) groups is 1. The number of esters is 1. The summed E-state index contributed by atoms with van der Waals surface area (Å²) in [6.45, 7) is 0. The minimum Gasteiger partial charge on any atom is -0.465 e. The van der Waals surface area contributed by atoms with E-state index >= 15 is 0 Å². The molecule has 0 aliphatic heterocycles. The summed E-state index contributed by atoms with van der Waals surface area (Å²) < 4.78 is 4.91. The van der Waals surface area contributed by atoms with Crippen LogP contribution in [-0.2, 0) is 4.74 Å². The first kappa shape index (κ1) is 8.99. The van der Waals surface area contributed by atoms with Crippen molar-refractivity contribution in [2.45, 2.75) is 0 Å². The highest BCUT2D eigenvalue weighted by molar-refractivity contribution is 9.10. The molecule has 0 fully saturated rings. The van der Waals surface area contributed by atoms with Crippen molar-refractivity contribution in [1.29, 1.82) is 0 Å². The Labute approximate surface area is 76.7 Å². The fourth-order valence-electron chi connectivity index (χ4n) is 0.720. The van der Waals surface area contributed by atoms with Gasteiger partial charge in [0.1, 0.15) is 5.56 Å². The van der Waals surface area contributed by atoms with Crippen molar-refractivity contribution >= 4 is 21.9 Å². The summed E-state index contributed by atoms with van der Waals surface area (Å²) in [5, 5.41) is 0. The van der Waals surface area contributed by atoms with Gasteiger partial charge < -0.3 is 9.72 Å². The highest BCUT2D eigenvalue weighted by Crippen LogP contribution is 2.02. The Balaban J connectivity index is 3.19. The quantitative estimate of drug-likeness (QED) is 0.578. The first-order chi connectivity index (χ1) is 5.65. The number of rotatable bonds is 1. The minimum absolute atomic E-state index is 0.000648. The summed E-state index contributed by atoms with van der Waals surface area (Å²) >= 11 is 3.06. The zero-order valence-electron chi connectivity index (χ0n) is 6.26. The Morgan fingerprint density at radius 1 is 1.58 bits per heavy atom. The molecule has 1 heterocycles. The number of H-pyrrole nitrogens is 1. The van der Waals surface area contributed by atoms with Gasteiger partial charge in [0.05, 0.1) is 11.7 Å². The Morgan fingerprint density at radius 3 is 2.75 bits per heavy atom. The van der Waals surface area contributed by atoms with Gasteiger partial charge in [0.25, 0.3) is 5.56 Å². The smallest absolute Gasteiger partial charge is 0.343 e. The van der Waals surface area contributed by atoms with Crippen molar-refractivity contribution in [3.05, 3.63) is 32.7 Å². The average Bonchev–Trinajstić information content (AvgIpc) is 2.03. The van der Waals surface area contributed by atoms with E-state index in [0.717, 1.165) is 0 Å². The molecule has 1 rings (SSSR count). The number of nitrogens with one attached hydrogen (secondary N) is 1. The van der Waals surface area contributed by atoms with Gasteiger partial charge in [-0.2, -0.15) is 0 Å². The number of pyridine rings is 1. The third-order valence-electron chi connectivity index (χ3n) is 1.28. The zero-order chi connectivity index (χ0) is 9.14. The van der Waals surface area contributed by atoms with Gasteiger partial charge in [-0.3, -0.25) is 4.79 Å². The van der Waals surface area contributed by atoms with E-state index in [1.165, 1.54) is 13.2 Å². The molecule has 1 N–H and O–H groups in total. The number of hydrogen-bond donors (Lipinski definition) is 1. The molecule has 0 unspecified atom stereocenters. The molecule has 0 amide bonds. The number of methoxy groups -OCH3 is 1. The van der Waals surface area contributed by atoms with Gasteiger partial charge in [0.15, 0.2) is 0 Å². The standard InChI is InChI=1S/C7H6BrNO3/c1-12-7(11)4-2-3-5(8)9-6(4)10/h2-3H,1H3,(H,9,10). The van der Waals surface area contributed by atoms with E-state index in [4.69, 9.17) is 0 Å². The molecular weight excluding hydrogens is 226 g/mol. The molecule has 0 atom stereocenters. The van der Waals surface area contributed by atoms with Gasteiger partial charge in [-0.1, -0.05) is 0 Å². The second-order valence-corrected chi connectivity index (χ2v) is 2.89. The van der Waals surface area contributed by atoms with Gasteiger partial charge >= 0.3 is 5.97 Å². The Hall–Kier alpha value is -1.10. The Bertz CT molecular complexity index is 358. The van der Waals surface area contributed by atoms with Crippen LogP contribution in [0.3, 0.4) is 0 Å². The molecule has 1 aromatic heterocycles. The van der Waals surface area contributed by atoms with Gasteiger partial charge in [-0.05, 0) is 28.1 Å². The topological polar surface area (TPSA) is 59.2 Å². The molecule has 1 aromatic rings. The van der Waals surface area contributed by atoms with Crippen LogP contribution < -0.4 is 5.56 Å². The van der Waals surface area contributed by atoms with E-state index in [-0.39, 0.29) is 5.56 Å². The number of ether oxygens (including phenoxy) is 1. The zero-order valence-corrected chi connectivity index (χ0v) is 7.84. The number of carbonyl (C=O) groups excluding carboxylic acids is 1. The first-order valence-electron chi connectivity index (χ1n) is 3.12. The van der Waals surface area contributed by atoms with Gasteiger partial charge in [0, 0.05) is 0 Å². The Kier molecular flexibility index (Phi) is 2.65. The Morgan fingerprint density at radius 2 is 2.25 bits per heavy atom. The van der Waals surface area contributed by atoms with Crippen molar-refractivity contribution < 1.29 is 9.53 Å². The van der Waals surface area contributed by atoms with Crippen LogP contribution in [0.25, 0.3) is 0 Å². The van der Waals surface area contributed by atoms with E-state index in [2.05, 4.69) is 25.7 Å². The lowest BCUT2D eigenvalue weighted by Crippen LogP contribution is -2.18. The van der Waals surface area contributed by atoms with E-state index < -0.39 is 11.5 Å². The van der Waals surface area contributed by atoms with Gasteiger partial charge in [-0.25, -0.2) is 4.79 Å². The molecule has 0 bridgehead atoms. The number of aromatic nitrogens is 1. The summed E-state index contributed by atoms with van der Waals surface area (Å²) in [7, 11) is 1.23. The maximum atomic E-state index is 11.1. The molecule has 12 heavy (non-hydrogen) atoms. The predicted octanol–water partition coefficient (Wildman–Crippen LogP) is 0.924. The molecule has 0 aliphatic carbocycles. The molecule has 0 aliphatic rings.